The molecule has 1 aromatic rings. The minimum Gasteiger partial charge on any atom is -0.508 e. The minimum absolute atomic E-state index is 0.0961. The minimum atomic E-state index is -0.322. The van der Waals surface area contributed by atoms with E-state index in [2.05, 4.69) is 0 Å². The average molecular weight is 182 g/mol. The molecule has 1 aromatic carbocycles. The molecule has 0 unspecified atom stereocenters. The second-order valence-corrected chi connectivity index (χ2v) is 2.93. The Balaban J connectivity index is 2.91. The van der Waals surface area contributed by atoms with Crippen LogP contribution in [-0.2, 0) is 0 Å². The smallest absolute Gasteiger partial charge is 0.120 e. The fourth-order valence-corrected chi connectivity index (χ4v) is 1.17. The summed E-state index contributed by atoms with van der Waals surface area (Å²) in [7, 11) is 0. The number of benzene rings is 1. The molecular weight excluding hydrogens is 168 g/mol. The first-order valence-electron chi connectivity index (χ1n) is 4.12. The van der Waals surface area contributed by atoms with Gasteiger partial charge < -0.3 is 21.7 Å². The molecule has 0 aliphatic carbocycles. The van der Waals surface area contributed by atoms with Gasteiger partial charge in [0.2, 0.25) is 0 Å². The Labute approximate surface area is 76.8 Å². The van der Waals surface area contributed by atoms with Crippen LogP contribution in [0.5, 0.6) is 11.5 Å². The molecule has 13 heavy (non-hydrogen) atoms. The van der Waals surface area contributed by atoms with Crippen molar-refractivity contribution in [3.8, 4) is 11.5 Å². The van der Waals surface area contributed by atoms with E-state index in [0.717, 1.165) is 0 Å². The van der Waals surface area contributed by atoms with E-state index in [1.54, 1.807) is 0 Å². The number of aromatic hydroxyl groups is 2. The van der Waals surface area contributed by atoms with Crippen molar-refractivity contribution in [2.24, 2.45) is 11.5 Å². The van der Waals surface area contributed by atoms with Gasteiger partial charge in [-0.2, -0.15) is 0 Å². The molecule has 0 saturated heterocycles. The summed E-state index contributed by atoms with van der Waals surface area (Å²) in [5.41, 5.74) is 11.6. The highest BCUT2D eigenvalue weighted by atomic mass is 16.3. The SMILES string of the molecule is NCC[C@@H](N)c1cc(O)ccc1O. The maximum absolute atomic E-state index is 9.40. The van der Waals surface area contributed by atoms with Gasteiger partial charge in [-0.05, 0) is 31.2 Å². The van der Waals surface area contributed by atoms with E-state index >= 15 is 0 Å². The molecule has 1 rings (SSSR count). The highest BCUT2D eigenvalue weighted by Gasteiger charge is 2.10. The fourth-order valence-electron chi connectivity index (χ4n) is 1.17. The average Bonchev–Trinajstić information content (AvgIpc) is 2.09. The molecular formula is C9H14N2O2. The zero-order chi connectivity index (χ0) is 9.84. The lowest BCUT2D eigenvalue weighted by atomic mass is 10.0. The topological polar surface area (TPSA) is 92.5 Å². The second-order valence-electron chi connectivity index (χ2n) is 2.93. The van der Waals surface area contributed by atoms with E-state index in [0.29, 0.717) is 18.5 Å². The van der Waals surface area contributed by atoms with Crippen molar-refractivity contribution in [1.29, 1.82) is 0 Å². The Morgan fingerprint density at radius 2 is 2.00 bits per heavy atom. The lowest BCUT2D eigenvalue weighted by Gasteiger charge is -2.12. The molecule has 0 fully saturated rings. The van der Waals surface area contributed by atoms with Gasteiger partial charge >= 0.3 is 0 Å². The number of rotatable bonds is 3. The molecule has 6 N–H and O–H groups in total. The van der Waals surface area contributed by atoms with E-state index in [1.807, 2.05) is 0 Å². The van der Waals surface area contributed by atoms with Gasteiger partial charge in [0.1, 0.15) is 11.5 Å². The summed E-state index contributed by atoms with van der Waals surface area (Å²) in [6.07, 6.45) is 0.580. The molecule has 0 aliphatic rings. The maximum atomic E-state index is 9.40. The summed E-state index contributed by atoms with van der Waals surface area (Å²) in [6.45, 7) is 0.455. The quantitative estimate of drug-likeness (QED) is 0.510. The molecule has 4 nitrogen and oxygen atoms in total. The van der Waals surface area contributed by atoms with Crippen LogP contribution in [0.4, 0.5) is 0 Å². The van der Waals surface area contributed by atoms with E-state index in [4.69, 9.17) is 16.6 Å². The summed E-state index contributed by atoms with van der Waals surface area (Å²) in [5, 5.41) is 18.6. The molecule has 0 bridgehead atoms. The van der Waals surface area contributed by atoms with Crippen LogP contribution in [0.1, 0.15) is 18.0 Å². The monoisotopic (exact) mass is 182 g/mol. The molecule has 4 heteroatoms. The third kappa shape index (κ3) is 2.34. The first-order chi connectivity index (χ1) is 6.15. The number of phenolic OH excluding ortho intramolecular Hbond substituents is 2. The number of phenols is 2. The maximum Gasteiger partial charge on any atom is 0.120 e. The second kappa shape index (κ2) is 4.11. The van der Waals surface area contributed by atoms with Gasteiger partial charge in [-0.3, -0.25) is 0 Å². The van der Waals surface area contributed by atoms with Gasteiger partial charge in [-0.15, -0.1) is 0 Å². The van der Waals surface area contributed by atoms with E-state index in [-0.39, 0.29) is 17.5 Å². The van der Waals surface area contributed by atoms with Crippen LogP contribution in [0.15, 0.2) is 18.2 Å². The molecule has 0 heterocycles. The summed E-state index contributed by atoms with van der Waals surface area (Å²) >= 11 is 0. The van der Waals surface area contributed by atoms with Crippen LogP contribution in [-0.4, -0.2) is 16.8 Å². The van der Waals surface area contributed by atoms with Crippen molar-refractivity contribution in [1.82, 2.24) is 0 Å². The van der Waals surface area contributed by atoms with E-state index in [1.165, 1.54) is 18.2 Å². The molecule has 0 radical (unpaired) electrons. The Morgan fingerprint density at radius 3 is 2.62 bits per heavy atom. The van der Waals surface area contributed by atoms with Gasteiger partial charge in [0.15, 0.2) is 0 Å². The molecule has 0 saturated carbocycles. The van der Waals surface area contributed by atoms with Crippen LogP contribution >= 0.6 is 0 Å². The highest BCUT2D eigenvalue weighted by molar-refractivity contribution is 5.40. The molecule has 0 aromatic heterocycles. The zero-order valence-corrected chi connectivity index (χ0v) is 7.27. The normalized spacial score (nSPS) is 12.8. The van der Waals surface area contributed by atoms with Gasteiger partial charge in [-0.1, -0.05) is 0 Å². The Hall–Kier alpha value is -1.26. The predicted molar refractivity (Wildman–Crippen MR) is 50.4 cm³/mol. The van der Waals surface area contributed by atoms with Crippen molar-refractivity contribution in [2.45, 2.75) is 12.5 Å². The molecule has 72 valence electrons. The van der Waals surface area contributed by atoms with Gasteiger partial charge in [0.25, 0.3) is 0 Å². The third-order valence-corrected chi connectivity index (χ3v) is 1.89. The molecule has 0 aliphatic heterocycles. The lowest BCUT2D eigenvalue weighted by Crippen LogP contribution is -2.15. The first kappa shape index (κ1) is 9.83. The van der Waals surface area contributed by atoms with E-state index in [9.17, 15) is 5.11 Å². The number of nitrogens with two attached hydrogens (primary N) is 2. The van der Waals surface area contributed by atoms with Crippen LogP contribution in [0.2, 0.25) is 0 Å². The van der Waals surface area contributed by atoms with Crippen LogP contribution in [0, 0.1) is 0 Å². The largest absolute Gasteiger partial charge is 0.508 e. The third-order valence-electron chi connectivity index (χ3n) is 1.89. The Bertz CT molecular complexity index is 289. The molecule has 1 atom stereocenters. The van der Waals surface area contributed by atoms with Crippen molar-refractivity contribution in [3.63, 3.8) is 0 Å². The van der Waals surface area contributed by atoms with Gasteiger partial charge in [0.05, 0.1) is 0 Å². The van der Waals surface area contributed by atoms with Gasteiger partial charge in [0, 0.05) is 11.6 Å². The van der Waals surface area contributed by atoms with Crippen molar-refractivity contribution < 1.29 is 10.2 Å². The Morgan fingerprint density at radius 1 is 1.31 bits per heavy atom. The number of hydrogen-bond donors (Lipinski definition) is 4. The highest BCUT2D eigenvalue weighted by Crippen LogP contribution is 2.27. The van der Waals surface area contributed by atoms with Crippen LogP contribution in [0.25, 0.3) is 0 Å². The zero-order valence-electron chi connectivity index (χ0n) is 7.27. The van der Waals surface area contributed by atoms with Crippen LogP contribution < -0.4 is 11.5 Å². The molecule has 0 spiro atoms. The Kier molecular flexibility index (Phi) is 3.11. The molecule has 0 amide bonds. The standard InChI is InChI=1S/C9H14N2O2/c10-4-3-8(11)7-5-6(12)1-2-9(7)13/h1-2,5,8,12-13H,3-4,10-11H2/t8-/m1/s1. The summed E-state index contributed by atoms with van der Waals surface area (Å²) in [5.74, 6) is 0.194. The summed E-state index contributed by atoms with van der Waals surface area (Å²) < 4.78 is 0. The summed E-state index contributed by atoms with van der Waals surface area (Å²) in [4.78, 5) is 0. The van der Waals surface area contributed by atoms with Crippen molar-refractivity contribution in [3.05, 3.63) is 23.8 Å². The lowest BCUT2D eigenvalue weighted by molar-refractivity contribution is 0.446. The fraction of sp³-hybridized carbons (Fsp3) is 0.333. The van der Waals surface area contributed by atoms with Crippen LogP contribution in [0.3, 0.4) is 0 Å². The van der Waals surface area contributed by atoms with Gasteiger partial charge in [-0.25, -0.2) is 0 Å². The summed E-state index contributed by atoms with van der Waals surface area (Å²) in [6, 6.07) is 3.96. The van der Waals surface area contributed by atoms with Crippen molar-refractivity contribution in [2.75, 3.05) is 6.54 Å². The first-order valence-corrected chi connectivity index (χ1v) is 4.12. The number of hydrogen-bond acceptors (Lipinski definition) is 4. The van der Waals surface area contributed by atoms with Crippen molar-refractivity contribution >= 4 is 0 Å². The van der Waals surface area contributed by atoms with E-state index < -0.39 is 0 Å². The predicted octanol–water partition coefficient (Wildman–Crippen LogP) is 0.446.